The Morgan fingerprint density at radius 3 is 2.58 bits per heavy atom. The Hall–Kier alpha value is -2.88. The maximum atomic E-state index is 4.94. The third kappa shape index (κ3) is 2.53. The van der Waals surface area contributed by atoms with E-state index in [0.29, 0.717) is 6.04 Å². The van der Waals surface area contributed by atoms with E-state index in [-0.39, 0.29) is 0 Å². The summed E-state index contributed by atoms with van der Waals surface area (Å²) in [6, 6.07) is 19.7. The second-order valence-electron chi connectivity index (χ2n) is 7.21. The molecule has 0 amide bonds. The molecule has 0 N–H and O–H groups in total. The molecule has 4 heteroatoms. The minimum absolute atomic E-state index is 0.379. The van der Waals surface area contributed by atoms with Crippen molar-refractivity contribution < 1.29 is 0 Å². The number of aromatic nitrogens is 2. The molecule has 2 aliphatic heterocycles. The van der Waals surface area contributed by atoms with E-state index in [1.165, 1.54) is 22.4 Å². The van der Waals surface area contributed by atoms with Gasteiger partial charge in [0.1, 0.15) is 5.82 Å². The topological polar surface area (TPSA) is 32.3 Å². The summed E-state index contributed by atoms with van der Waals surface area (Å²) in [4.78, 5) is 14.2. The minimum atomic E-state index is 0.379. The fourth-order valence-corrected chi connectivity index (χ4v) is 4.19. The van der Waals surface area contributed by atoms with Gasteiger partial charge >= 0.3 is 0 Å². The van der Waals surface area contributed by atoms with E-state index in [2.05, 4.69) is 70.2 Å². The second-order valence-corrected chi connectivity index (χ2v) is 7.21. The molecule has 1 unspecified atom stereocenters. The minimum Gasteiger partial charge on any atom is -0.352 e. The van der Waals surface area contributed by atoms with Crippen molar-refractivity contribution in [3.05, 3.63) is 77.5 Å². The molecule has 2 aliphatic rings. The van der Waals surface area contributed by atoms with Gasteiger partial charge in [0.2, 0.25) is 5.95 Å². The quantitative estimate of drug-likeness (QED) is 0.701. The summed E-state index contributed by atoms with van der Waals surface area (Å²) in [5, 5.41) is 0. The van der Waals surface area contributed by atoms with Crippen LogP contribution in [0.15, 0.2) is 60.8 Å². The SMILES string of the molecule is CC1Cc2ccccc2N1c1nccc(N2CCc3ccccc3C2)n1. The maximum Gasteiger partial charge on any atom is 0.232 e. The zero-order valence-corrected chi connectivity index (χ0v) is 15.0. The molecule has 0 saturated heterocycles. The van der Waals surface area contributed by atoms with Crippen LogP contribution in [0.1, 0.15) is 23.6 Å². The molecule has 5 rings (SSSR count). The van der Waals surface area contributed by atoms with Crippen molar-refractivity contribution in [1.29, 1.82) is 0 Å². The normalized spacial score (nSPS) is 18.6. The van der Waals surface area contributed by atoms with Crippen LogP contribution in [0.2, 0.25) is 0 Å². The van der Waals surface area contributed by atoms with Crippen molar-refractivity contribution in [3.63, 3.8) is 0 Å². The lowest BCUT2D eigenvalue weighted by molar-refractivity contribution is 0.709. The summed E-state index contributed by atoms with van der Waals surface area (Å²) in [6.45, 7) is 4.16. The van der Waals surface area contributed by atoms with Crippen LogP contribution in [0.3, 0.4) is 0 Å². The fourth-order valence-electron chi connectivity index (χ4n) is 4.19. The van der Waals surface area contributed by atoms with Crippen LogP contribution >= 0.6 is 0 Å². The molecule has 1 atom stereocenters. The van der Waals surface area contributed by atoms with Gasteiger partial charge < -0.3 is 9.80 Å². The van der Waals surface area contributed by atoms with Gasteiger partial charge in [-0.1, -0.05) is 42.5 Å². The van der Waals surface area contributed by atoms with Crippen LogP contribution in [-0.4, -0.2) is 22.6 Å². The molecule has 0 bridgehead atoms. The van der Waals surface area contributed by atoms with Crippen LogP contribution in [0.5, 0.6) is 0 Å². The predicted molar refractivity (Wildman–Crippen MR) is 105 cm³/mol. The number of fused-ring (bicyclic) bond motifs is 2. The zero-order valence-electron chi connectivity index (χ0n) is 15.0. The Morgan fingerprint density at radius 1 is 0.923 bits per heavy atom. The monoisotopic (exact) mass is 342 g/mol. The lowest BCUT2D eigenvalue weighted by Crippen LogP contribution is -2.32. The molecule has 0 saturated carbocycles. The Bertz CT molecular complexity index is 952. The second kappa shape index (κ2) is 6.13. The van der Waals surface area contributed by atoms with E-state index < -0.39 is 0 Å². The van der Waals surface area contributed by atoms with Crippen LogP contribution < -0.4 is 9.80 Å². The Balaban J connectivity index is 1.47. The Labute approximate surface area is 154 Å². The summed E-state index contributed by atoms with van der Waals surface area (Å²) in [7, 11) is 0. The van der Waals surface area contributed by atoms with Gasteiger partial charge in [0.25, 0.3) is 0 Å². The van der Waals surface area contributed by atoms with Crippen molar-refractivity contribution in [2.75, 3.05) is 16.3 Å². The summed E-state index contributed by atoms with van der Waals surface area (Å²) < 4.78 is 0. The molecule has 26 heavy (non-hydrogen) atoms. The first-order valence-electron chi connectivity index (χ1n) is 9.31. The average Bonchev–Trinajstić information content (AvgIpc) is 3.03. The number of hydrogen-bond acceptors (Lipinski definition) is 4. The summed E-state index contributed by atoms with van der Waals surface area (Å²) in [5.74, 6) is 1.82. The highest BCUT2D eigenvalue weighted by Crippen LogP contribution is 2.37. The Kier molecular flexibility index (Phi) is 3.63. The van der Waals surface area contributed by atoms with Crippen LogP contribution in [-0.2, 0) is 19.4 Å². The number of hydrogen-bond donors (Lipinski definition) is 0. The van der Waals surface area contributed by atoms with Crippen molar-refractivity contribution in [3.8, 4) is 0 Å². The molecule has 3 heterocycles. The number of para-hydroxylation sites is 1. The van der Waals surface area contributed by atoms with Crippen LogP contribution in [0.4, 0.5) is 17.5 Å². The highest BCUT2D eigenvalue weighted by molar-refractivity contribution is 5.67. The van der Waals surface area contributed by atoms with Crippen LogP contribution in [0.25, 0.3) is 0 Å². The largest absolute Gasteiger partial charge is 0.352 e. The molecule has 2 aromatic carbocycles. The molecule has 4 nitrogen and oxygen atoms in total. The first kappa shape index (κ1) is 15.4. The van der Waals surface area contributed by atoms with Gasteiger partial charge in [0.15, 0.2) is 0 Å². The van der Waals surface area contributed by atoms with Gasteiger partial charge in [-0.05, 0) is 48.6 Å². The number of anilines is 3. The molecule has 1 aromatic heterocycles. The molecule has 130 valence electrons. The lowest BCUT2D eigenvalue weighted by Gasteiger charge is -2.30. The van der Waals surface area contributed by atoms with E-state index in [4.69, 9.17) is 4.98 Å². The standard InChI is InChI=1S/C22H22N4/c1-16-14-18-7-4-5-9-20(18)26(16)22-23-12-10-21(24-22)25-13-11-17-6-2-3-8-19(17)15-25/h2-10,12,16H,11,13-15H2,1H3. The highest BCUT2D eigenvalue weighted by Gasteiger charge is 2.29. The van der Waals surface area contributed by atoms with Crippen molar-refractivity contribution in [2.45, 2.75) is 32.4 Å². The van der Waals surface area contributed by atoms with Gasteiger partial charge in [-0.15, -0.1) is 0 Å². The molecular weight excluding hydrogens is 320 g/mol. The molecule has 3 aromatic rings. The summed E-state index contributed by atoms with van der Waals surface area (Å²) in [5.41, 5.74) is 5.47. The van der Waals surface area contributed by atoms with E-state index in [1.807, 2.05) is 12.3 Å². The number of nitrogens with zero attached hydrogens (tertiary/aromatic N) is 4. The van der Waals surface area contributed by atoms with Crippen LogP contribution in [0, 0.1) is 0 Å². The van der Waals surface area contributed by atoms with Gasteiger partial charge in [-0.2, -0.15) is 4.98 Å². The van der Waals surface area contributed by atoms with Gasteiger partial charge in [-0.25, -0.2) is 4.98 Å². The molecule has 0 spiro atoms. The zero-order chi connectivity index (χ0) is 17.5. The van der Waals surface area contributed by atoms with E-state index in [9.17, 15) is 0 Å². The number of benzene rings is 2. The van der Waals surface area contributed by atoms with E-state index in [1.54, 1.807) is 0 Å². The van der Waals surface area contributed by atoms with Gasteiger partial charge in [0.05, 0.1) is 0 Å². The smallest absolute Gasteiger partial charge is 0.232 e. The molecule has 0 radical (unpaired) electrons. The lowest BCUT2D eigenvalue weighted by atomic mass is 10.00. The summed E-state index contributed by atoms with van der Waals surface area (Å²) >= 11 is 0. The third-order valence-corrected chi connectivity index (χ3v) is 5.51. The Morgan fingerprint density at radius 2 is 1.69 bits per heavy atom. The first-order valence-corrected chi connectivity index (χ1v) is 9.31. The molecular formula is C22H22N4. The van der Waals surface area contributed by atoms with E-state index >= 15 is 0 Å². The predicted octanol–water partition coefficient (Wildman–Crippen LogP) is 4.12. The van der Waals surface area contributed by atoms with Gasteiger partial charge in [-0.3, -0.25) is 0 Å². The molecule has 0 fully saturated rings. The van der Waals surface area contributed by atoms with Crippen molar-refractivity contribution in [1.82, 2.24) is 9.97 Å². The number of rotatable bonds is 2. The van der Waals surface area contributed by atoms with Crippen molar-refractivity contribution >= 4 is 17.5 Å². The average molecular weight is 342 g/mol. The van der Waals surface area contributed by atoms with Crippen molar-refractivity contribution in [2.24, 2.45) is 0 Å². The third-order valence-electron chi connectivity index (χ3n) is 5.51. The first-order chi connectivity index (χ1) is 12.8. The highest BCUT2D eigenvalue weighted by atomic mass is 15.3. The van der Waals surface area contributed by atoms with Gasteiger partial charge in [0, 0.05) is 31.0 Å². The summed E-state index contributed by atoms with van der Waals surface area (Å²) in [6.07, 6.45) is 4.01. The fraction of sp³-hybridized carbons (Fsp3) is 0.273. The maximum absolute atomic E-state index is 4.94. The van der Waals surface area contributed by atoms with E-state index in [0.717, 1.165) is 37.7 Å². The molecule has 0 aliphatic carbocycles.